The number of carbonyl (C=O) groups is 1. The third-order valence-electron chi connectivity index (χ3n) is 4.41. The number of hydrogen-bond acceptors (Lipinski definition) is 3. The van der Waals surface area contributed by atoms with Crippen LogP contribution in [-0.4, -0.2) is 37.4 Å². The molecule has 110 valence electrons. The van der Waals surface area contributed by atoms with Gasteiger partial charge in [-0.1, -0.05) is 12.1 Å². The standard InChI is InChI=1S/C16H21NO2.ClH/c1-19-15-6-4-5-14-13(15)8-7-12(16(14)18)11-17-9-2-3-10-17;/h4-6,12H,2-3,7-11H2,1H3;1H. The molecule has 0 bridgehead atoms. The van der Waals surface area contributed by atoms with Gasteiger partial charge in [0.2, 0.25) is 0 Å². The lowest BCUT2D eigenvalue weighted by Gasteiger charge is -2.28. The van der Waals surface area contributed by atoms with Gasteiger partial charge in [0.1, 0.15) is 5.75 Å². The summed E-state index contributed by atoms with van der Waals surface area (Å²) in [6.45, 7) is 3.26. The topological polar surface area (TPSA) is 29.5 Å². The Morgan fingerprint density at radius 2 is 2.05 bits per heavy atom. The van der Waals surface area contributed by atoms with Gasteiger partial charge < -0.3 is 9.64 Å². The van der Waals surface area contributed by atoms with Gasteiger partial charge in [-0.2, -0.15) is 0 Å². The van der Waals surface area contributed by atoms with Gasteiger partial charge in [-0.05, 0) is 44.8 Å². The highest BCUT2D eigenvalue weighted by Crippen LogP contribution is 2.32. The van der Waals surface area contributed by atoms with Crippen molar-refractivity contribution in [2.45, 2.75) is 25.7 Å². The highest BCUT2D eigenvalue weighted by atomic mass is 35.5. The van der Waals surface area contributed by atoms with E-state index in [-0.39, 0.29) is 18.3 Å². The molecule has 0 N–H and O–H groups in total. The largest absolute Gasteiger partial charge is 0.496 e. The van der Waals surface area contributed by atoms with E-state index >= 15 is 0 Å². The Morgan fingerprint density at radius 1 is 1.30 bits per heavy atom. The fourth-order valence-corrected chi connectivity index (χ4v) is 3.37. The summed E-state index contributed by atoms with van der Waals surface area (Å²) in [5, 5.41) is 0. The highest BCUT2D eigenvalue weighted by molar-refractivity contribution is 6.01. The fraction of sp³-hybridized carbons (Fsp3) is 0.562. The molecule has 1 aromatic carbocycles. The maximum absolute atomic E-state index is 12.6. The predicted octanol–water partition coefficient (Wildman–Crippen LogP) is 2.96. The molecule has 2 aliphatic rings. The summed E-state index contributed by atoms with van der Waals surface area (Å²) in [5.41, 5.74) is 1.99. The Labute approximate surface area is 126 Å². The molecule has 0 radical (unpaired) electrons. The van der Waals surface area contributed by atoms with Crippen molar-refractivity contribution in [2.24, 2.45) is 5.92 Å². The van der Waals surface area contributed by atoms with E-state index in [1.54, 1.807) is 7.11 Å². The first kappa shape index (κ1) is 15.3. The van der Waals surface area contributed by atoms with Gasteiger partial charge in [-0.3, -0.25) is 4.79 Å². The van der Waals surface area contributed by atoms with Crippen molar-refractivity contribution in [2.75, 3.05) is 26.7 Å². The first-order valence-electron chi connectivity index (χ1n) is 7.22. The fourth-order valence-electron chi connectivity index (χ4n) is 3.37. The van der Waals surface area contributed by atoms with Crippen LogP contribution in [0.4, 0.5) is 0 Å². The zero-order valence-corrected chi connectivity index (χ0v) is 12.7. The Bertz CT molecular complexity index is 483. The van der Waals surface area contributed by atoms with Crippen LogP contribution in [0.5, 0.6) is 5.75 Å². The molecule has 0 saturated carbocycles. The zero-order chi connectivity index (χ0) is 13.2. The molecule has 1 heterocycles. The number of ether oxygens (including phenoxy) is 1. The number of likely N-dealkylation sites (tertiary alicyclic amines) is 1. The van der Waals surface area contributed by atoms with E-state index in [1.165, 1.54) is 12.8 Å². The first-order chi connectivity index (χ1) is 9.29. The second-order valence-corrected chi connectivity index (χ2v) is 5.59. The Morgan fingerprint density at radius 3 is 2.75 bits per heavy atom. The molecule has 1 atom stereocenters. The van der Waals surface area contributed by atoms with Crippen LogP contribution in [-0.2, 0) is 6.42 Å². The molecule has 4 heteroatoms. The number of carbonyl (C=O) groups excluding carboxylic acids is 1. The van der Waals surface area contributed by atoms with E-state index in [1.807, 2.05) is 18.2 Å². The van der Waals surface area contributed by atoms with Crippen LogP contribution in [0.1, 0.15) is 35.2 Å². The predicted molar refractivity (Wildman–Crippen MR) is 82.1 cm³/mol. The van der Waals surface area contributed by atoms with Crippen molar-refractivity contribution in [3.8, 4) is 5.75 Å². The molecule has 0 aromatic heterocycles. The van der Waals surface area contributed by atoms with E-state index in [9.17, 15) is 4.79 Å². The lowest BCUT2D eigenvalue weighted by atomic mass is 9.82. The monoisotopic (exact) mass is 295 g/mol. The molecule has 1 aromatic rings. The molecular formula is C16H22ClNO2. The number of nitrogens with zero attached hydrogens (tertiary/aromatic N) is 1. The molecule has 1 fully saturated rings. The van der Waals surface area contributed by atoms with Crippen molar-refractivity contribution in [3.05, 3.63) is 29.3 Å². The third kappa shape index (κ3) is 2.84. The second kappa shape index (κ2) is 6.59. The van der Waals surface area contributed by atoms with Crippen LogP contribution in [0, 0.1) is 5.92 Å². The molecule has 1 saturated heterocycles. The zero-order valence-electron chi connectivity index (χ0n) is 11.9. The molecular weight excluding hydrogens is 274 g/mol. The molecule has 3 nitrogen and oxygen atoms in total. The van der Waals surface area contributed by atoms with Gasteiger partial charge in [-0.25, -0.2) is 0 Å². The average Bonchev–Trinajstić information content (AvgIpc) is 2.94. The van der Waals surface area contributed by atoms with Gasteiger partial charge in [0, 0.05) is 23.6 Å². The Kier molecular flexibility index (Phi) is 5.06. The maximum Gasteiger partial charge on any atom is 0.167 e. The van der Waals surface area contributed by atoms with E-state index in [4.69, 9.17) is 4.74 Å². The summed E-state index contributed by atoms with van der Waals surface area (Å²) in [6, 6.07) is 5.83. The number of rotatable bonds is 3. The lowest BCUT2D eigenvalue weighted by Crippen LogP contribution is -2.34. The van der Waals surface area contributed by atoms with Crippen LogP contribution >= 0.6 is 12.4 Å². The summed E-state index contributed by atoms with van der Waals surface area (Å²) < 4.78 is 5.37. The molecule has 3 rings (SSSR count). The van der Waals surface area contributed by atoms with Gasteiger partial charge in [0.15, 0.2) is 5.78 Å². The normalized spacial score (nSPS) is 22.2. The lowest BCUT2D eigenvalue weighted by molar-refractivity contribution is 0.0867. The molecule has 1 unspecified atom stereocenters. The van der Waals surface area contributed by atoms with E-state index in [0.717, 1.165) is 49.4 Å². The average molecular weight is 296 g/mol. The summed E-state index contributed by atoms with van der Waals surface area (Å²) in [7, 11) is 1.68. The van der Waals surface area contributed by atoms with Crippen LogP contribution < -0.4 is 4.74 Å². The summed E-state index contributed by atoms with van der Waals surface area (Å²) in [5.74, 6) is 1.36. The van der Waals surface area contributed by atoms with Gasteiger partial charge in [-0.15, -0.1) is 12.4 Å². The maximum atomic E-state index is 12.6. The van der Waals surface area contributed by atoms with Crippen LogP contribution in [0.2, 0.25) is 0 Å². The summed E-state index contributed by atoms with van der Waals surface area (Å²) in [6.07, 6.45) is 4.49. The number of ketones is 1. The third-order valence-corrected chi connectivity index (χ3v) is 4.41. The number of methoxy groups -OCH3 is 1. The number of fused-ring (bicyclic) bond motifs is 1. The van der Waals surface area contributed by atoms with E-state index in [0.29, 0.717) is 5.78 Å². The van der Waals surface area contributed by atoms with Gasteiger partial charge in [0.05, 0.1) is 7.11 Å². The number of Topliss-reactive ketones (excluding diaryl/α,β-unsaturated/α-hetero) is 1. The highest BCUT2D eigenvalue weighted by Gasteiger charge is 2.30. The number of hydrogen-bond donors (Lipinski definition) is 0. The Hall–Kier alpha value is -1.06. The molecule has 0 spiro atoms. The molecule has 1 aliphatic carbocycles. The van der Waals surface area contributed by atoms with Crippen molar-refractivity contribution in [1.29, 1.82) is 0 Å². The van der Waals surface area contributed by atoms with E-state index in [2.05, 4.69) is 4.90 Å². The van der Waals surface area contributed by atoms with Crippen LogP contribution in [0.15, 0.2) is 18.2 Å². The SMILES string of the molecule is COc1cccc2c1CCC(CN1CCCC1)C2=O.Cl. The quantitative estimate of drug-likeness (QED) is 0.859. The summed E-state index contributed by atoms with van der Waals surface area (Å²) in [4.78, 5) is 15.0. The van der Waals surface area contributed by atoms with Gasteiger partial charge in [0.25, 0.3) is 0 Å². The molecule has 1 aliphatic heterocycles. The first-order valence-corrected chi connectivity index (χ1v) is 7.22. The molecule has 20 heavy (non-hydrogen) atoms. The van der Waals surface area contributed by atoms with Crippen molar-refractivity contribution < 1.29 is 9.53 Å². The van der Waals surface area contributed by atoms with Crippen molar-refractivity contribution >= 4 is 18.2 Å². The van der Waals surface area contributed by atoms with Crippen LogP contribution in [0.3, 0.4) is 0 Å². The minimum Gasteiger partial charge on any atom is -0.496 e. The van der Waals surface area contributed by atoms with Crippen molar-refractivity contribution in [1.82, 2.24) is 4.90 Å². The van der Waals surface area contributed by atoms with Crippen molar-refractivity contribution in [3.63, 3.8) is 0 Å². The second-order valence-electron chi connectivity index (χ2n) is 5.59. The number of benzene rings is 1. The minimum atomic E-state index is 0. The van der Waals surface area contributed by atoms with Gasteiger partial charge >= 0.3 is 0 Å². The minimum absolute atomic E-state index is 0. The Balaban J connectivity index is 0.00000147. The van der Waals surface area contributed by atoms with E-state index < -0.39 is 0 Å². The molecule has 0 amide bonds. The number of halogens is 1. The summed E-state index contributed by atoms with van der Waals surface area (Å²) >= 11 is 0. The van der Waals surface area contributed by atoms with Crippen LogP contribution in [0.25, 0.3) is 0 Å². The smallest absolute Gasteiger partial charge is 0.167 e.